The Morgan fingerprint density at radius 3 is 2.60 bits per heavy atom. The third kappa shape index (κ3) is 5.89. The number of ether oxygens (including phenoxy) is 2. The van der Waals surface area contributed by atoms with Crippen LogP contribution in [-0.2, 0) is 4.79 Å². The summed E-state index contributed by atoms with van der Waals surface area (Å²) in [6, 6.07) is 13.1. The first-order valence-corrected chi connectivity index (χ1v) is 9.60. The van der Waals surface area contributed by atoms with Gasteiger partial charge in [0.1, 0.15) is 17.8 Å². The number of halogens is 3. The van der Waals surface area contributed by atoms with Crippen molar-refractivity contribution in [3.63, 3.8) is 0 Å². The van der Waals surface area contributed by atoms with Crippen LogP contribution in [0.15, 0.2) is 60.0 Å². The fourth-order valence-corrected chi connectivity index (χ4v) is 3.14. The highest BCUT2D eigenvalue weighted by molar-refractivity contribution is 7.99. The first-order chi connectivity index (χ1) is 14.4. The van der Waals surface area contributed by atoms with Gasteiger partial charge in [0.15, 0.2) is 11.8 Å². The highest BCUT2D eigenvalue weighted by atomic mass is 32.2. The average molecular weight is 438 g/mol. The Balaban J connectivity index is 1.62. The number of para-hydroxylation sites is 2. The van der Waals surface area contributed by atoms with Gasteiger partial charge in [0.2, 0.25) is 5.91 Å². The standard InChI is InChI=1S/C19H17F3N4O3S/c1-28-14-8-6-13(7-9-14)26-12-23-25-18(26)30-10-17(27)24-15-4-2-3-5-16(15)29-11-19(20,21)22/h2-9,12H,10-11H2,1H3,(H,24,27). The SMILES string of the molecule is COc1ccc(-n2cnnc2SCC(=O)Nc2ccccc2OCC(F)(F)F)cc1. The second kappa shape index (κ2) is 9.53. The lowest BCUT2D eigenvalue weighted by Crippen LogP contribution is -2.20. The van der Waals surface area contributed by atoms with Crippen LogP contribution in [0.25, 0.3) is 5.69 Å². The molecule has 1 amide bonds. The van der Waals surface area contributed by atoms with Crippen molar-refractivity contribution in [2.45, 2.75) is 11.3 Å². The Kier molecular flexibility index (Phi) is 6.83. The van der Waals surface area contributed by atoms with E-state index in [1.165, 1.54) is 24.5 Å². The largest absolute Gasteiger partial charge is 0.497 e. The maximum atomic E-state index is 12.4. The number of amides is 1. The van der Waals surface area contributed by atoms with Gasteiger partial charge < -0.3 is 14.8 Å². The third-order valence-corrected chi connectivity index (χ3v) is 4.69. The number of thioether (sulfide) groups is 1. The van der Waals surface area contributed by atoms with Crippen LogP contribution in [0, 0.1) is 0 Å². The number of aromatic nitrogens is 3. The zero-order valence-electron chi connectivity index (χ0n) is 15.7. The number of hydrogen-bond donors (Lipinski definition) is 1. The Morgan fingerprint density at radius 2 is 1.90 bits per heavy atom. The van der Waals surface area contributed by atoms with Crippen LogP contribution >= 0.6 is 11.8 Å². The molecule has 158 valence electrons. The minimum atomic E-state index is -4.47. The van der Waals surface area contributed by atoms with Gasteiger partial charge in [-0.15, -0.1) is 10.2 Å². The number of nitrogens with zero attached hydrogens (tertiary/aromatic N) is 3. The Bertz CT molecular complexity index is 993. The Labute approximate surface area is 174 Å². The van der Waals surface area contributed by atoms with Crippen molar-refractivity contribution in [2.24, 2.45) is 0 Å². The van der Waals surface area contributed by atoms with Crippen LogP contribution < -0.4 is 14.8 Å². The summed E-state index contributed by atoms with van der Waals surface area (Å²) in [5.41, 5.74) is 0.943. The quantitative estimate of drug-likeness (QED) is 0.537. The number of anilines is 1. The molecule has 0 saturated heterocycles. The van der Waals surface area contributed by atoms with Crippen LogP contribution in [0.1, 0.15) is 0 Å². The molecule has 0 radical (unpaired) electrons. The van der Waals surface area contributed by atoms with E-state index in [4.69, 9.17) is 9.47 Å². The van der Waals surface area contributed by atoms with Gasteiger partial charge in [0.05, 0.1) is 18.6 Å². The van der Waals surface area contributed by atoms with Crippen molar-refractivity contribution in [1.82, 2.24) is 14.8 Å². The first kappa shape index (κ1) is 21.5. The van der Waals surface area contributed by atoms with E-state index in [1.54, 1.807) is 29.9 Å². The van der Waals surface area contributed by atoms with Gasteiger partial charge in [0.25, 0.3) is 0 Å². The lowest BCUT2D eigenvalue weighted by Gasteiger charge is -2.13. The fraction of sp³-hybridized carbons (Fsp3) is 0.211. The second-order valence-electron chi connectivity index (χ2n) is 5.92. The Morgan fingerprint density at radius 1 is 1.17 bits per heavy atom. The van der Waals surface area contributed by atoms with Gasteiger partial charge >= 0.3 is 6.18 Å². The lowest BCUT2D eigenvalue weighted by atomic mass is 10.3. The highest BCUT2D eigenvalue weighted by Crippen LogP contribution is 2.27. The minimum absolute atomic E-state index is 0.0253. The van der Waals surface area contributed by atoms with E-state index in [1.807, 2.05) is 12.1 Å². The van der Waals surface area contributed by atoms with Crippen molar-refractivity contribution >= 4 is 23.4 Å². The number of hydrogen-bond acceptors (Lipinski definition) is 6. The monoisotopic (exact) mass is 438 g/mol. The molecule has 0 bridgehead atoms. The summed E-state index contributed by atoms with van der Waals surface area (Å²) in [7, 11) is 1.57. The van der Waals surface area contributed by atoms with E-state index >= 15 is 0 Å². The van der Waals surface area contributed by atoms with Crippen molar-refractivity contribution in [3.05, 3.63) is 54.9 Å². The summed E-state index contributed by atoms with van der Waals surface area (Å²) < 4.78 is 48.8. The molecule has 0 atom stereocenters. The number of alkyl halides is 3. The number of methoxy groups -OCH3 is 1. The van der Waals surface area contributed by atoms with Gasteiger partial charge in [0, 0.05) is 5.69 Å². The molecular weight excluding hydrogens is 421 g/mol. The van der Waals surface area contributed by atoms with Crippen molar-refractivity contribution in [3.8, 4) is 17.2 Å². The average Bonchev–Trinajstić information content (AvgIpc) is 3.20. The molecule has 3 rings (SSSR count). The number of nitrogens with one attached hydrogen (secondary N) is 1. The van der Waals surface area contributed by atoms with E-state index in [2.05, 4.69) is 15.5 Å². The van der Waals surface area contributed by atoms with E-state index in [-0.39, 0.29) is 17.2 Å². The van der Waals surface area contributed by atoms with Gasteiger partial charge in [-0.05, 0) is 36.4 Å². The van der Waals surface area contributed by atoms with Crippen molar-refractivity contribution in [1.29, 1.82) is 0 Å². The number of rotatable bonds is 8. The number of carbonyl (C=O) groups is 1. The summed E-state index contributed by atoms with van der Waals surface area (Å²) in [6.45, 7) is -1.44. The molecule has 0 fully saturated rings. The summed E-state index contributed by atoms with van der Waals surface area (Å²) in [6.07, 6.45) is -2.96. The molecule has 1 N–H and O–H groups in total. The molecule has 3 aromatic rings. The topological polar surface area (TPSA) is 78.3 Å². The van der Waals surface area contributed by atoms with Gasteiger partial charge in [-0.3, -0.25) is 9.36 Å². The van der Waals surface area contributed by atoms with Crippen LogP contribution in [0.4, 0.5) is 18.9 Å². The lowest BCUT2D eigenvalue weighted by molar-refractivity contribution is -0.153. The second-order valence-corrected chi connectivity index (χ2v) is 6.86. The molecular formula is C19H17F3N4O3S. The molecule has 0 spiro atoms. The maximum Gasteiger partial charge on any atom is 0.422 e. The molecule has 7 nitrogen and oxygen atoms in total. The fourth-order valence-electron chi connectivity index (χ4n) is 2.41. The van der Waals surface area contributed by atoms with Gasteiger partial charge in [-0.2, -0.15) is 13.2 Å². The normalized spacial score (nSPS) is 11.2. The van der Waals surface area contributed by atoms with E-state index in [0.717, 1.165) is 17.4 Å². The van der Waals surface area contributed by atoms with E-state index in [0.29, 0.717) is 10.9 Å². The molecule has 0 aliphatic rings. The predicted molar refractivity (Wildman–Crippen MR) is 105 cm³/mol. The zero-order valence-corrected chi connectivity index (χ0v) is 16.5. The summed E-state index contributed by atoms with van der Waals surface area (Å²) in [5.74, 6) is 0.191. The van der Waals surface area contributed by atoms with Crippen LogP contribution in [-0.4, -0.2) is 46.3 Å². The van der Waals surface area contributed by atoms with Crippen LogP contribution in [0.3, 0.4) is 0 Å². The number of carbonyl (C=O) groups excluding carboxylic acids is 1. The van der Waals surface area contributed by atoms with E-state index < -0.39 is 18.7 Å². The molecule has 30 heavy (non-hydrogen) atoms. The summed E-state index contributed by atoms with van der Waals surface area (Å²) in [4.78, 5) is 12.3. The first-order valence-electron chi connectivity index (χ1n) is 8.61. The van der Waals surface area contributed by atoms with E-state index in [9.17, 15) is 18.0 Å². The summed E-state index contributed by atoms with van der Waals surface area (Å²) >= 11 is 1.13. The summed E-state index contributed by atoms with van der Waals surface area (Å²) in [5, 5.41) is 10.9. The third-order valence-electron chi connectivity index (χ3n) is 3.75. The van der Waals surface area contributed by atoms with Crippen molar-refractivity contribution < 1.29 is 27.4 Å². The van der Waals surface area contributed by atoms with Crippen LogP contribution in [0.2, 0.25) is 0 Å². The van der Waals surface area contributed by atoms with Gasteiger partial charge in [-0.1, -0.05) is 23.9 Å². The molecule has 2 aromatic carbocycles. The molecule has 0 unspecified atom stereocenters. The van der Waals surface area contributed by atoms with Crippen molar-refractivity contribution in [2.75, 3.05) is 24.8 Å². The molecule has 1 heterocycles. The predicted octanol–water partition coefficient (Wildman–Crippen LogP) is 3.95. The minimum Gasteiger partial charge on any atom is -0.497 e. The smallest absolute Gasteiger partial charge is 0.422 e. The van der Waals surface area contributed by atoms with Crippen LogP contribution in [0.5, 0.6) is 11.5 Å². The zero-order chi connectivity index (χ0) is 21.6. The van der Waals surface area contributed by atoms with Gasteiger partial charge in [-0.25, -0.2) is 0 Å². The highest BCUT2D eigenvalue weighted by Gasteiger charge is 2.28. The Hall–Kier alpha value is -3.21. The maximum absolute atomic E-state index is 12.4. The molecule has 11 heteroatoms. The number of benzene rings is 2. The molecule has 0 saturated carbocycles. The molecule has 1 aromatic heterocycles. The molecule has 0 aliphatic carbocycles. The molecule has 0 aliphatic heterocycles.